The summed E-state index contributed by atoms with van der Waals surface area (Å²) in [5.74, 6) is 0. The Labute approximate surface area is 438 Å². The molecule has 2 nitrogen and oxygen atoms in total. The van der Waals surface area contributed by atoms with Crippen LogP contribution in [0.3, 0.4) is 0 Å². The normalized spacial score (nSPS) is 12.4. The highest BCUT2D eigenvalue weighted by molar-refractivity contribution is 6.09. The molecule has 0 fully saturated rings. The highest BCUT2D eigenvalue weighted by atomic mass is 15.1. The molecule has 0 bridgehead atoms. The molecule has 0 radical (unpaired) electrons. The van der Waals surface area contributed by atoms with Gasteiger partial charge in [-0.05, 0) is 127 Å². The van der Waals surface area contributed by atoms with Gasteiger partial charge in [0, 0.05) is 33.4 Å². The Morgan fingerprint density at radius 3 is 1.24 bits per heavy atom. The Bertz CT molecular complexity index is 4080. The van der Waals surface area contributed by atoms with Crippen molar-refractivity contribution < 1.29 is 0 Å². The van der Waals surface area contributed by atoms with Crippen molar-refractivity contribution in [3.8, 4) is 61.3 Å². The fourth-order valence-electron chi connectivity index (χ4n) is 12.0. The van der Waals surface area contributed by atoms with Crippen LogP contribution in [0.15, 0.2) is 303 Å². The number of aromatic nitrogens is 1. The zero-order valence-electron chi connectivity index (χ0n) is 41.3. The quantitative estimate of drug-likeness (QED) is 0.133. The Balaban J connectivity index is 0.858. The van der Waals surface area contributed by atoms with E-state index < -0.39 is 5.41 Å². The van der Waals surface area contributed by atoms with Gasteiger partial charge in [0.25, 0.3) is 0 Å². The standard InChI is InChI=1S/C73H50N2/c1-4-18-51(19-5-1)52-36-38-57(39-37-52)63-24-11-15-29-70(63)74(62-48-49-65-64-25-10-14-28-68(64)73(69(65)50-62,58-20-6-2-7-21-58)59-22-8-3-9-23-59)60-44-40-55(41-45-60)53-32-34-54(35-33-53)56-42-46-61(47-43-56)75-71-30-16-12-26-66(71)67-27-13-17-31-72(67)75/h1-50H. The molecule has 1 aromatic heterocycles. The van der Waals surface area contributed by atoms with Crippen LogP contribution in [0, 0.1) is 0 Å². The van der Waals surface area contributed by atoms with Crippen LogP contribution in [0.4, 0.5) is 17.1 Å². The van der Waals surface area contributed by atoms with Gasteiger partial charge in [0.15, 0.2) is 0 Å². The summed E-state index contributed by atoms with van der Waals surface area (Å²) in [6.07, 6.45) is 0. The molecule has 0 unspecified atom stereocenters. The van der Waals surface area contributed by atoms with E-state index in [-0.39, 0.29) is 0 Å². The van der Waals surface area contributed by atoms with Crippen molar-refractivity contribution in [2.75, 3.05) is 4.90 Å². The van der Waals surface area contributed by atoms with Crippen molar-refractivity contribution in [2.45, 2.75) is 5.41 Å². The molecule has 0 spiro atoms. The van der Waals surface area contributed by atoms with Gasteiger partial charge in [-0.25, -0.2) is 0 Å². The molecule has 75 heavy (non-hydrogen) atoms. The van der Waals surface area contributed by atoms with Gasteiger partial charge in [0.1, 0.15) is 0 Å². The van der Waals surface area contributed by atoms with Gasteiger partial charge in [-0.2, -0.15) is 0 Å². The Morgan fingerprint density at radius 2 is 0.667 bits per heavy atom. The van der Waals surface area contributed by atoms with Crippen LogP contribution >= 0.6 is 0 Å². The van der Waals surface area contributed by atoms with E-state index in [0.717, 1.165) is 39.4 Å². The maximum Gasteiger partial charge on any atom is 0.0714 e. The van der Waals surface area contributed by atoms with Crippen molar-refractivity contribution >= 4 is 38.9 Å². The molecular weight excluding hydrogens is 905 g/mol. The second-order valence-electron chi connectivity index (χ2n) is 19.6. The summed E-state index contributed by atoms with van der Waals surface area (Å²) in [5, 5.41) is 2.54. The van der Waals surface area contributed by atoms with Gasteiger partial charge < -0.3 is 9.47 Å². The van der Waals surface area contributed by atoms with Crippen LogP contribution in [-0.4, -0.2) is 4.57 Å². The molecule has 0 atom stereocenters. The Morgan fingerprint density at radius 1 is 0.267 bits per heavy atom. The molecule has 12 aromatic carbocycles. The number of para-hydroxylation sites is 3. The summed E-state index contributed by atoms with van der Waals surface area (Å²) in [6, 6.07) is 111. The van der Waals surface area contributed by atoms with Crippen molar-refractivity contribution in [3.05, 3.63) is 326 Å². The number of benzene rings is 12. The predicted octanol–water partition coefficient (Wildman–Crippen LogP) is 19.3. The fourth-order valence-corrected chi connectivity index (χ4v) is 12.0. The van der Waals surface area contributed by atoms with Crippen LogP contribution in [-0.2, 0) is 5.41 Å². The van der Waals surface area contributed by atoms with E-state index in [1.165, 1.54) is 83.0 Å². The molecular formula is C73H50N2. The number of anilines is 3. The van der Waals surface area contributed by atoms with Crippen LogP contribution in [0.2, 0.25) is 0 Å². The van der Waals surface area contributed by atoms with Gasteiger partial charge in [0.2, 0.25) is 0 Å². The van der Waals surface area contributed by atoms with Crippen LogP contribution < -0.4 is 4.90 Å². The molecule has 0 saturated carbocycles. The number of hydrogen-bond acceptors (Lipinski definition) is 1. The van der Waals surface area contributed by atoms with Crippen LogP contribution in [0.1, 0.15) is 22.3 Å². The summed E-state index contributed by atoms with van der Waals surface area (Å²) in [5.41, 5.74) is 23.3. The summed E-state index contributed by atoms with van der Waals surface area (Å²) in [6.45, 7) is 0. The maximum absolute atomic E-state index is 2.47. The molecule has 0 saturated heterocycles. The smallest absolute Gasteiger partial charge is 0.0714 e. The van der Waals surface area contributed by atoms with E-state index in [0.29, 0.717) is 0 Å². The van der Waals surface area contributed by atoms with Crippen LogP contribution in [0.5, 0.6) is 0 Å². The number of hydrogen-bond donors (Lipinski definition) is 0. The highest BCUT2D eigenvalue weighted by Crippen LogP contribution is 2.57. The van der Waals surface area contributed by atoms with Crippen molar-refractivity contribution in [2.24, 2.45) is 0 Å². The third-order valence-electron chi connectivity index (χ3n) is 15.5. The van der Waals surface area contributed by atoms with E-state index in [1.54, 1.807) is 0 Å². The summed E-state index contributed by atoms with van der Waals surface area (Å²) in [4.78, 5) is 2.46. The summed E-state index contributed by atoms with van der Waals surface area (Å²) >= 11 is 0. The molecule has 1 heterocycles. The number of rotatable bonds is 10. The van der Waals surface area contributed by atoms with Crippen molar-refractivity contribution in [3.63, 3.8) is 0 Å². The second kappa shape index (κ2) is 18.4. The zero-order chi connectivity index (χ0) is 49.7. The monoisotopic (exact) mass is 954 g/mol. The second-order valence-corrected chi connectivity index (χ2v) is 19.6. The van der Waals surface area contributed by atoms with Crippen molar-refractivity contribution in [1.29, 1.82) is 0 Å². The predicted molar refractivity (Wildman–Crippen MR) is 315 cm³/mol. The molecule has 13 aromatic rings. The van der Waals surface area contributed by atoms with Gasteiger partial charge in [-0.3, -0.25) is 0 Å². The van der Waals surface area contributed by atoms with Gasteiger partial charge in [-0.1, -0.05) is 249 Å². The minimum atomic E-state index is -0.534. The molecule has 14 rings (SSSR count). The van der Waals surface area contributed by atoms with E-state index in [2.05, 4.69) is 313 Å². The average molecular weight is 955 g/mol. The lowest BCUT2D eigenvalue weighted by Crippen LogP contribution is -2.28. The van der Waals surface area contributed by atoms with Crippen molar-refractivity contribution in [1.82, 2.24) is 4.57 Å². The molecule has 352 valence electrons. The molecule has 2 heteroatoms. The topological polar surface area (TPSA) is 8.17 Å². The van der Waals surface area contributed by atoms with Gasteiger partial charge in [0.05, 0.1) is 22.1 Å². The van der Waals surface area contributed by atoms with Crippen LogP contribution in [0.25, 0.3) is 83.1 Å². The van der Waals surface area contributed by atoms with E-state index in [1.807, 2.05) is 0 Å². The fraction of sp³-hybridized carbons (Fsp3) is 0.0137. The first-order valence-corrected chi connectivity index (χ1v) is 25.9. The number of nitrogens with zero attached hydrogens (tertiary/aromatic N) is 2. The van der Waals surface area contributed by atoms with E-state index in [9.17, 15) is 0 Å². The van der Waals surface area contributed by atoms with E-state index >= 15 is 0 Å². The Hall–Kier alpha value is -9.76. The largest absolute Gasteiger partial charge is 0.310 e. The molecule has 0 aliphatic heterocycles. The number of fused-ring (bicyclic) bond motifs is 6. The zero-order valence-corrected chi connectivity index (χ0v) is 41.3. The first kappa shape index (κ1) is 44.0. The van der Waals surface area contributed by atoms with Gasteiger partial charge >= 0.3 is 0 Å². The molecule has 0 amide bonds. The lowest BCUT2D eigenvalue weighted by molar-refractivity contribution is 0.768. The maximum atomic E-state index is 2.47. The molecule has 0 N–H and O–H groups in total. The molecule has 1 aliphatic rings. The third kappa shape index (κ3) is 7.41. The lowest BCUT2D eigenvalue weighted by atomic mass is 9.67. The van der Waals surface area contributed by atoms with Gasteiger partial charge in [-0.15, -0.1) is 0 Å². The molecule has 1 aliphatic carbocycles. The SMILES string of the molecule is c1ccc(-c2ccc(-c3ccccc3N(c3ccc(-c4ccc(-c5ccc(-n6c7ccccc7c7ccccc76)cc5)cc4)cc3)c3ccc4c(c3)C(c3ccccc3)(c3ccccc3)c3ccccc3-4)cc2)cc1. The Kier molecular flexibility index (Phi) is 10.8. The first-order chi connectivity index (χ1) is 37.2. The lowest BCUT2D eigenvalue weighted by Gasteiger charge is -2.35. The third-order valence-corrected chi connectivity index (χ3v) is 15.5. The average Bonchev–Trinajstić information content (AvgIpc) is 4.08. The highest BCUT2D eigenvalue weighted by Gasteiger charge is 2.46. The minimum absolute atomic E-state index is 0.534. The summed E-state index contributed by atoms with van der Waals surface area (Å²) in [7, 11) is 0. The first-order valence-electron chi connectivity index (χ1n) is 25.9. The summed E-state index contributed by atoms with van der Waals surface area (Å²) < 4.78 is 2.37. The van der Waals surface area contributed by atoms with E-state index in [4.69, 9.17) is 0 Å². The minimum Gasteiger partial charge on any atom is -0.310 e.